The summed E-state index contributed by atoms with van der Waals surface area (Å²) in [5.41, 5.74) is 0. The number of fused-ring (bicyclic) bond motifs is 1. The molecule has 0 spiro atoms. The molecule has 1 N–H and O–H groups in total. The summed E-state index contributed by atoms with van der Waals surface area (Å²) < 4.78 is 5.31. The monoisotopic (exact) mass is 196 g/mol. The number of aliphatic hydroxyl groups excluding tert-OH is 1. The van der Waals surface area contributed by atoms with E-state index in [0.29, 0.717) is 5.92 Å². The number of aliphatic hydroxyl groups is 1. The minimum atomic E-state index is -0.0833. The molecular weight excluding hydrogens is 176 g/mol. The SMILES string of the molecule is OC(CC1CC2CC2C1)C1CCOC1. The number of ether oxygens (including phenoxy) is 1. The Hall–Kier alpha value is -0.0800. The Labute approximate surface area is 85.6 Å². The second-order valence-electron chi connectivity index (χ2n) is 5.52. The Balaban J connectivity index is 1.46. The van der Waals surface area contributed by atoms with Gasteiger partial charge >= 0.3 is 0 Å². The molecule has 0 aromatic rings. The molecule has 2 heteroatoms. The summed E-state index contributed by atoms with van der Waals surface area (Å²) in [4.78, 5) is 0. The van der Waals surface area contributed by atoms with Crippen molar-refractivity contribution in [3.05, 3.63) is 0 Å². The zero-order valence-corrected chi connectivity index (χ0v) is 8.69. The van der Waals surface area contributed by atoms with Crippen LogP contribution in [0.15, 0.2) is 0 Å². The van der Waals surface area contributed by atoms with Crippen LogP contribution in [0, 0.1) is 23.7 Å². The van der Waals surface area contributed by atoms with Gasteiger partial charge in [-0.1, -0.05) is 0 Å². The predicted molar refractivity (Wildman–Crippen MR) is 53.9 cm³/mol. The Kier molecular flexibility index (Phi) is 2.29. The van der Waals surface area contributed by atoms with Gasteiger partial charge in [-0.15, -0.1) is 0 Å². The lowest BCUT2D eigenvalue weighted by Crippen LogP contribution is -2.23. The summed E-state index contributed by atoms with van der Waals surface area (Å²) in [7, 11) is 0. The molecule has 0 aromatic heterocycles. The van der Waals surface area contributed by atoms with Crippen LogP contribution in [0.5, 0.6) is 0 Å². The van der Waals surface area contributed by atoms with E-state index in [4.69, 9.17) is 4.74 Å². The van der Waals surface area contributed by atoms with Crippen LogP contribution in [0.2, 0.25) is 0 Å². The van der Waals surface area contributed by atoms with Crippen LogP contribution >= 0.6 is 0 Å². The van der Waals surface area contributed by atoms with E-state index in [9.17, 15) is 5.11 Å². The summed E-state index contributed by atoms with van der Waals surface area (Å²) in [6.45, 7) is 1.65. The van der Waals surface area contributed by atoms with E-state index in [1.165, 1.54) is 19.3 Å². The average Bonchev–Trinajstić information content (AvgIpc) is 2.69. The second-order valence-corrected chi connectivity index (χ2v) is 5.52. The molecule has 2 aliphatic carbocycles. The van der Waals surface area contributed by atoms with Crippen molar-refractivity contribution in [1.82, 2.24) is 0 Å². The van der Waals surface area contributed by atoms with Crippen molar-refractivity contribution in [2.24, 2.45) is 23.7 Å². The van der Waals surface area contributed by atoms with Gasteiger partial charge in [-0.3, -0.25) is 0 Å². The second kappa shape index (κ2) is 3.49. The highest BCUT2D eigenvalue weighted by Gasteiger charge is 2.46. The van der Waals surface area contributed by atoms with Crippen molar-refractivity contribution in [3.63, 3.8) is 0 Å². The molecule has 4 atom stereocenters. The van der Waals surface area contributed by atoms with Crippen LogP contribution in [0.1, 0.15) is 32.1 Å². The maximum absolute atomic E-state index is 10.0. The lowest BCUT2D eigenvalue weighted by molar-refractivity contribution is 0.0698. The molecule has 0 amide bonds. The van der Waals surface area contributed by atoms with Gasteiger partial charge in [0.2, 0.25) is 0 Å². The number of hydrogen-bond donors (Lipinski definition) is 1. The van der Waals surface area contributed by atoms with Gasteiger partial charge in [-0.05, 0) is 49.9 Å². The van der Waals surface area contributed by atoms with Crippen LogP contribution in [-0.2, 0) is 4.74 Å². The summed E-state index contributed by atoms with van der Waals surface area (Å²) in [6, 6.07) is 0. The van der Waals surface area contributed by atoms with E-state index in [-0.39, 0.29) is 6.10 Å². The summed E-state index contributed by atoms with van der Waals surface area (Å²) in [5, 5.41) is 10.0. The first kappa shape index (κ1) is 9.17. The minimum Gasteiger partial charge on any atom is -0.393 e. The van der Waals surface area contributed by atoms with E-state index >= 15 is 0 Å². The predicted octanol–water partition coefficient (Wildman–Crippen LogP) is 1.82. The van der Waals surface area contributed by atoms with E-state index in [1.54, 1.807) is 0 Å². The van der Waals surface area contributed by atoms with Crippen molar-refractivity contribution in [2.75, 3.05) is 13.2 Å². The van der Waals surface area contributed by atoms with Gasteiger partial charge in [0.25, 0.3) is 0 Å². The first-order valence-electron chi connectivity index (χ1n) is 6.08. The van der Waals surface area contributed by atoms with E-state index < -0.39 is 0 Å². The van der Waals surface area contributed by atoms with Crippen molar-refractivity contribution in [1.29, 1.82) is 0 Å². The molecule has 4 unspecified atom stereocenters. The molecule has 14 heavy (non-hydrogen) atoms. The lowest BCUT2D eigenvalue weighted by Gasteiger charge is -2.20. The third-order valence-corrected chi connectivity index (χ3v) is 4.43. The van der Waals surface area contributed by atoms with Gasteiger partial charge in [0.05, 0.1) is 12.7 Å². The van der Waals surface area contributed by atoms with Gasteiger partial charge in [0, 0.05) is 12.5 Å². The summed E-state index contributed by atoms with van der Waals surface area (Å²) in [5.74, 6) is 3.36. The zero-order valence-electron chi connectivity index (χ0n) is 8.69. The van der Waals surface area contributed by atoms with Gasteiger partial charge in [-0.2, -0.15) is 0 Å². The van der Waals surface area contributed by atoms with Crippen LogP contribution < -0.4 is 0 Å². The van der Waals surface area contributed by atoms with Gasteiger partial charge in [-0.25, -0.2) is 0 Å². The van der Waals surface area contributed by atoms with Crippen molar-refractivity contribution < 1.29 is 9.84 Å². The largest absolute Gasteiger partial charge is 0.393 e. The Bertz CT molecular complexity index is 200. The van der Waals surface area contributed by atoms with E-state index in [1.807, 2.05) is 0 Å². The molecule has 3 rings (SSSR count). The van der Waals surface area contributed by atoms with Crippen molar-refractivity contribution >= 4 is 0 Å². The topological polar surface area (TPSA) is 29.5 Å². The highest BCUT2D eigenvalue weighted by atomic mass is 16.5. The summed E-state index contributed by atoms with van der Waals surface area (Å²) in [6.07, 6.45) is 6.31. The molecule has 3 fully saturated rings. The third-order valence-electron chi connectivity index (χ3n) is 4.43. The van der Waals surface area contributed by atoms with Crippen molar-refractivity contribution in [3.8, 4) is 0 Å². The Morgan fingerprint density at radius 3 is 2.64 bits per heavy atom. The Morgan fingerprint density at radius 1 is 1.21 bits per heavy atom. The lowest BCUT2D eigenvalue weighted by atomic mass is 9.90. The Morgan fingerprint density at radius 2 is 2.00 bits per heavy atom. The first-order chi connectivity index (χ1) is 6.83. The van der Waals surface area contributed by atoms with E-state index in [2.05, 4.69) is 0 Å². The molecular formula is C12H20O2. The summed E-state index contributed by atoms with van der Waals surface area (Å²) >= 11 is 0. The van der Waals surface area contributed by atoms with Gasteiger partial charge in [0.1, 0.15) is 0 Å². The molecule has 3 aliphatic rings. The fourth-order valence-corrected chi connectivity index (χ4v) is 3.42. The fourth-order valence-electron chi connectivity index (χ4n) is 3.42. The molecule has 80 valence electrons. The molecule has 0 aromatic carbocycles. The van der Waals surface area contributed by atoms with Crippen LogP contribution in [0.4, 0.5) is 0 Å². The smallest absolute Gasteiger partial charge is 0.0593 e. The molecule has 1 saturated heterocycles. The number of rotatable bonds is 3. The maximum Gasteiger partial charge on any atom is 0.0593 e. The standard InChI is InChI=1S/C12H20O2/c13-12(9-1-2-14-7-9)5-8-3-10-6-11(10)4-8/h8-13H,1-7H2. The molecule has 1 aliphatic heterocycles. The van der Waals surface area contributed by atoms with Gasteiger partial charge < -0.3 is 9.84 Å². The van der Waals surface area contributed by atoms with Crippen LogP contribution in [0.3, 0.4) is 0 Å². The normalized spacial score (nSPS) is 47.8. The maximum atomic E-state index is 10.0. The quantitative estimate of drug-likeness (QED) is 0.746. The molecule has 0 bridgehead atoms. The van der Waals surface area contributed by atoms with E-state index in [0.717, 1.165) is 43.8 Å². The van der Waals surface area contributed by atoms with Gasteiger partial charge in [0.15, 0.2) is 0 Å². The minimum absolute atomic E-state index is 0.0833. The number of hydrogen-bond acceptors (Lipinski definition) is 2. The highest BCUT2D eigenvalue weighted by molar-refractivity contribution is 4.96. The molecule has 1 heterocycles. The molecule has 2 nitrogen and oxygen atoms in total. The first-order valence-corrected chi connectivity index (χ1v) is 6.08. The zero-order chi connectivity index (χ0) is 9.54. The highest BCUT2D eigenvalue weighted by Crippen LogP contribution is 2.55. The molecule has 2 saturated carbocycles. The van der Waals surface area contributed by atoms with Crippen molar-refractivity contribution in [2.45, 2.75) is 38.2 Å². The fraction of sp³-hybridized carbons (Fsp3) is 1.00. The molecule has 0 radical (unpaired) electrons. The van der Waals surface area contributed by atoms with Crippen LogP contribution in [0.25, 0.3) is 0 Å². The third kappa shape index (κ3) is 1.70. The van der Waals surface area contributed by atoms with Crippen LogP contribution in [-0.4, -0.2) is 24.4 Å². The average molecular weight is 196 g/mol.